The van der Waals surface area contributed by atoms with Crippen molar-refractivity contribution in [3.05, 3.63) is 71.4 Å². The van der Waals surface area contributed by atoms with Crippen LogP contribution in [0.5, 0.6) is 0 Å². The van der Waals surface area contributed by atoms with Crippen LogP contribution in [0.3, 0.4) is 0 Å². The number of benzene rings is 2. The van der Waals surface area contributed by atoms with Gasteiger partial charge in [-0.15, -0.1) is 17.7 Å². The molecular weight excluding hydrogens is 370 g/mol. The highest BCUT2D eigenvalue weighted by Gasteiger charge is 2.17. The van der Waals surface area contributed by atoms with E-state index < -0.39 is 0 Å². The van der Waals surface area contributed by atoms with Gasteiger partial charge in [-0.2, -0.15) is 10.4 Å². The topological polar surface area (TPSA) is 85.2 Å². The van der Waals surface area contributed by atoms with Gasteiger partial charge in [-0.3, -0.25) is 0 Å². The van der Waals surface area contributed by atoms with Gasteiger partial charge in [0.2, 0.25) is 0 Å². The summed E-state index contributed by atoms with van der Waals surface area (Å²) in [7, 11) is 0. The highest BCUT2D eigenvalue weighted by Crippen LogP contribution is 2.27. The lowest BCUT2D eigenvalue weighted by atomic mass is 10.1. The average Bonchev–Trinajstić information content (AvgIpc) is 3.34. The zero-order valence-corrected chi connectivity index (χ0v) is 16.1. The molecule has 2 heterocycles. The molecule has 138 valence electrons. The fourth-order valence-electron chi connectivity index (χ4n) is 2.92. The summed E-state index contributed by atoms with van der Waals surface area (Å²) in [5.41, 5.74) is 4.56. The van der Waals surface area contributed by atoms with E-state index in [0.29, 0.717) is 23.0 Å². The van der Waals surface area contributed by atoms with Crippen LogP contribution < -0.4 is 0 Å². The molecule has 7 nitrogen and oxygen atoms in total. The Balaban J connectivity index is 1.64. The van der Waals surface area contributed by atoms with Gasteiger partial charge in [-0.1, -0.05) is 31.2 Å². The summed E-state index contributed by atoms with van der Waals surface area (Å²) >= 11 is 4.66. The maximum atomic E-state index is 8.93. The minimum Gasteiger partial charge on any atom is -0.227 e. The molecule has 0 bridgehead atoms. The molecule has 0 unspecified atom stereocenters. The van der Waals surface area contributed by atoms with Crippen LogP contribution in [0, 0.1) is 11.3 Å². The van der Waals surface area contributed by atoms with Crippen molar-refractivity contribution in [2.45, 2.75) is 24.9 Å². The fraction of sp³-hybridized carbons (Fsp3) is 0.150. The molecule has 0 spiro atoms. The average molecular weight is 387 g/mol. The van der Waals surface area contributed by atoms with Crippen molar-refractivity contribution in [3.63, 3.8) is 0 Å². The molecule has 0 aliphatic rings. The minimum absolute atomic E-state index is 0.484. The molecule has 0 radical (unpaired) electrons. The molecular formula is C20H17N7S. The van der Waals surface area contributed by atoms with Crippen molar-refractivity contribution in [3.8, 4) is 23.1 Å². The Labute approximate surface area is 167 Å². The van der Waals surface area contributed by atoms with Crippen molar-refractivity contribution < 1.29 is 0 Å². The highest BCUT2D eigenvalue weighted by atomic mass is 32.1. The van der Waals surface area contributed by atoms with Crippen molar-refractivity contribution in [2.75, 3.05) is 0 Å². The first kappa shape index (κ1) is 17.9. The Hall–Kier alpha value is -3.44. The molecule has 28 heavy (non-hydrogen) atoms. The summed E-state index contributed by atoms with van der Waals surface area (Å²) in [5, 5.41) is 26.1. The molecule has 0 fully saturated rings. The van der Waals surface area contributed by atoms with E-state index in [1.54, 1.807) is 27.7 Å². The largest absolute Gasteiger partial charge is 0.227 e. The van der Waals surface area contributed by atoms with Gasteiger partial charge >= 0.3 is 0 Å². The Kier molecular flexibility index (Phi) is 4.91. The van der Waals surface area contributed by atoms with Crippen LogP contribution in [-0.4, -0.2) is 30.0 Å². The Bertz CT molecular complexity index is 1130. The lowest BCUT2D eigenvalue weighted by molar-refractivity contribution is 0.652. The normalized spacial score (nSPS) is 10.8. The van der Waals surface area contributed by atoms with Gasteiger partial charge in [0.1, 0.15) is 5.03 Å². The SMILES string of the molecule is CCc1ccc(-n2ncc(-c3nnnn3Cc3ccc(C#N)cc3)c2S)cc1. The zero-order chi connectivity index (χ0) is 19.5. The van der Waals surface area contributed by atoms with Crippen molar-refractivity contribution in [1.82, 2.24) is 30.0 Å². The molecule has 2 aromatic heterocycles. The number of tetrazole rings is 1. The zero-order valence-electron chi connectivity index (χ0n) is 15.2. The molecule has 4 aromatic rings. The van der Waals surface area contributed by atoms with Crippen LogP contribution >= 0.6 is 12.6 Å². The number of rotatable bonds is 5. The quantitative estimate of drug-likeness (QED) is 0.531. The van der Waals surface area contributed by atoms with Gasteiger partial charge in [0.15, 0.2) is 5.82 Å². The highest BCUT2D eigenvalue weighted by molar-refractivity contribution is 7.80. The smallest absolute Gasteiger partial charge is 0.186 e. The second-order valence-electron chi connectivity index (χ2n) is 6.28. The Morgan fingerprint density at radius 1 is 1.04 bits per heavy atom. The third-order valence-corrected chi connectivity index (χ3v) is 4.95. The lowest BCUT2D eigenvalue weighted by Crippen LogP contribution is -2.05. The molecule has 8 heteroatoms. The molecule has 2 aromatic carbocycles. The van der Waals surface area contributed by atoms with E-state index in [4.69, 9.17) is 5.26 Å². The predicted octanol–water partition coefficient (Wildman–Crippen LogP) is 3.30. The number of thiol groups is 1. The van der Waals surface area contributed by atoms with Crippen LogP contribution in [0.1, 0.15) is 23.6 Å². The fourth-order valence-corrected chi connectivity index (χ4v) is 3.25. The number of hydrogen-bond donors (Lipinski definition) is 1. The Morgan fingerprint density at radius 2 is 1.75 bits per heavy atom. The van der Waals surface area contributed by atoms with Gasteiger partial charge in [-0.05, 0) is 52.2 Å². The first-order valence-corrected chi connectivity index (χ1v) is 9.26. The molecule has 0 aliphatic carbocycles. The molecule has 0 saturated heterocycles. The second-order valence-corrected chi connectivity index (χ2v) is 6.71. The van der Waals surface area contributed by atoms with Gasteiger partial charge in [-0.25, -0.2) is 9.36 Å². The predicted molar refractivity (Wildman–Crippen MR) is 107 cm³/mol. The van der Waals surface area contributed by atoms with Gasteiger partial charge in [0.25, 0.3) is 0 Å². The van der Waals surface area contributed by atoms with E-state index in [9.17, 15) is 0 Å². The third kappa shape index (κ3) is 3.40. The molecule has 0 saturated carbocycles. The van der Waals surface area contributed by atoms with Gasteiger partial charge < -0.3 is 0 Å². The number of nitrogens with zero attached hydrogens (tertiary/aromatic N) is 7. The Morgan fingerprint density at radius 3 is 2.43 bits per heavy atom. The minimum atomic E-state index is 0.484. The maximum absolute atomic E-state index is 8.93. The van der Waals surface area contributed by atoms with Crippen molar-refractivity contribution in [1.29, 1.82) is 5.26 Å². The first-order chi connectivity index (χ1) is 13.7. The monoisotopic (exact) mass is 387 g/mol. The summed E-state index contributed by atoms with van der Waals surface area (Å²) < 4.78 is 3.46. The standard InChI is InChI=1S/C20H17N7S/c1-2-14-7-9-17(10-8-14)27-20(28)18(12-22-27)19-23-24-25-26(19)13-16-5-3-15(11-21)4-6-16/h3-10,12,28H,2,13H2,1H3. The summed E-state index contributed by atoms with van der Waals surface area (Å²) in [6, 6.07) is 17.7. The number of nitriles is 1. The number of aryl methyl sites for hydroxylation is 1. The summed E-state index contributed by atoms with van der Waals surface area (Å²) in [6.45, 7) is 2.61. The van der Waals surface area contributed by atoms with Crippen molar-refractivity contribution >= 4 is 12.6 Å². The molecule has 0 aliphatic heterocycles. The first-order valence-electron chi connectivity index (χ1n) is 8.81. The molecule has 0 N–H and O–H groups in total. The van der Waals surface area contributed by atoms with Crippen LogP contribution in [0.25, 0.3) is 17.1 Å². The molecule has 0 atom stereocenters. The third-order valence-electron chi connectivity index (χ3n) is 4.52. The van der Waals surface area contributed by atoms with E-state index in [1.807, 2.05) is 24.3 Å². The van der Waals surface area contributed by atoms with Crippen LogP contribution in [0.2, 0.25) is 0 Å². The van der Waals surface area contributed by atoms with Gasteiger partial charge in [0, 0.05) is 0 Å². The number of aromatic nitrogens is 6. The summed E-state index contributed by atoms with van der Waals surface area (Å²) in [5.74, 6) is 0.589. The second kappa shape index (κ2) is 7.66. The summed E-state index contributed by atoms with van der Waals surface area (Å²) in [4.78, 5) is 0. The van der Waals surface area contributed by atoms with E-state index in [1.165, 1.54) is 5.56 Å². The lowest BCUT2D eigenvalue weighted by Gasteiger charge is -2.07. The van der Waals surface area contributed by atoms with E-state index >= 15 is 0 Å². The van der Waals surface area contributed by atoms with E-state index in [-0.39, 0.29) is 0 Å². The van der Waals surface area contributed by atoms with E-state index in [2.05, 4.69) is 58.4 Å². The van der Waals surface area contributed by atoms with Crippen LogP contribution in [0.15, 0.2) is 59.8 Å². The maximum Gasteiger partial charge on any atom is 0.186 e. The van der Waals surface area contributed by atoms with E-state index in [0.717, 1.165) is 23.2 Å². The molecule has 0 amide bonds. The van der Waals surface area contributed by atoms with Crippen molar-refractivity contribution in [2.24, 2.45) is 0 Å². The summed E-state index contributed by atoms with van der Waals surface area (Å²) in [6.07, 6.45) is 2.71. The van der Waals surface area contributed by atoms with Crippen LogP contribution in [0.4, 0.5) is 0 Å². The van der Waals surface area contributed by atoms with Crippen LogP contribution in [-0.2, 0) is 13.0 Å². The van der Waals surface area contributed by atoms with Gasteiger partial charge in [0.05, 0.1) is 35.6 Å². The number of hydrogen-bond acceptors (Lipinski definition) is 6. The molecule has 4 rings (SSSR count).